The number of benzene rings is 1. The number of nitrogens with one attached hydrogen (secondary N) is 3. The Kier molecular flexibility index (Phi) is 7.32. The van der Waals surface area contributed by atoms with Crippen LogP contribution in [0.25, 0.3) is 0 Å². The maximum Gasteiger partial charge on any atom is 0.408 e. The van der Waals surface area contributed by atoms with Crippen molar-refractivity contribution in [3.05, 3.63) is 24.0 Å². The van der Waals surface area contributed by atoms with Crippen LogP contribution in [0.1, 0.15) is 52.9 Å². The molecule has 1 unspecified atom stereocenters. The number of hydrogen-bond donors (Lipinski definition) is 4. The van der Waals surface area contributed by atoms with Crippen molar-refractivity contribution in [2.24, 2.45) is 0 Å². The number of carboxylic acid groups (broad SMARTS) is 1. The molecule has 2 saturated heterocycles. The number of rotatable bonds is 6. The molecular formula is C23H31FN4O6. The molecule has 186 valence electrons. The van der Waals surface area contributed by atoms with E-state index in [2.05, 4.69) is 16.0 Å². The first kappa shape index (κ1) is 25.3. The van der Waals surface area contributed by atoms with E-state index in [0.29, 0.717) is 43.7 Å². The van der Waals surface area contributed by atoms with Gasteiger partial charge in [-0.15, -0.1) is 0 Å². The fourth-order valence-corrected chi connectivity index (χ4v) is 4.22. The zero-order chi connectivity index (χ0) is 25.1. The maximum atomic E-state index is 14.9. The number of halogens is 1. The number of amides is 3. The third kappa shape index (κ3) is 6.58. The molecule has 0 radical (unpaired) electrons. The van der Waals surface area contributed by atoms with Crippen LogP contribution in [0.3, 0.4) is 0 Å². The van der Waals surface area contributed by atoms with E-state index in [1.165, 1.54) is 6.07 Å². The van der Waals surface area contributed by atoms with E-state index < -0.39 is 41.0 Å². The summed E-state index contributed by atoms with van der Waals surface area (Å²) in [6, 6.07) is 3.92. The summed E-state index contributed by atoms with van der Waals surface area (Å²) in [5.41, 5.74) is -0.953. The number of ether oxygens (including phenoxy) is 1. The smallest absolute Gasteiger partial charge is 0.408 e. The first-order valence-electron chi connectivity index (χ1n) is 11.2. The van der Waals surface area contributed by atoms with Crippen molar-refractivity contribution in [3.8, 4) is 0 Å². The van der Waals surface area contributed by atoms with Crippen molar-refractivity contribution < 1.29 is 33.4 Å². The molecule has 1 atom stereocenters. The molecule has 34 heavy (non-hydrogen) atoms. The number of aliphatic carboxylic acids is 1. The van der Waals surface area contributed by atoms with E-state index in [4.69, 9.17) is 4.74 Å². The zero-order valence-corrected chi connectivity index (χ0v) is 19.6. The second-order valence-corrected chi connectivity index (χ2v) is 9.78. The van der Waals surface area contributed by atoms with E-state index in [-0.39, 0.29) is 18.7 Å². The average molecular weight is 479 g/mol. The monoisotopic (exact) mass is 478 g/mol. The van der Waals surface area contributed by atoms with Crippen molar-refractivity contribution in [3.63, 3.8) is 0 Å². The fraction of sp³-hybridized carbons (Fsp3) is 0.565. The van der Waals surface area contributed by atoms with Gasteiger partial charge in [-0.25, -0.2) is 9.18 Å². The fourth-order valence-electron chi connectivity index (χ4n) is 4.22. The molecule has 3 rings (SSSR count). The number of alkyl carbamates (subject to hydrolysis) is 1. The summed E-state index contributed by atoms with van der Waals surface area (Å²) >= 11 is 0. The van der Waals surface area contributed by atoms with Crippen LogP contribution in [-0.2, 0) is 19.1 Å². The van der Waals surface area contributed by atoms with Gasteiger partial charge in [0.05, 0.1) is 17.6 Å². The molecular weight excluding hydrogens is 447 g/mol. The van der Waals surface area contributed by atoms with Crippen molar-refractivity contribution in [1.29, 1.82) is 0 Å². The minimum atomic E-state index is -1.04. The predicted molar refractivity (Wildman–Crippen MR) is 122 cm³/mol. The van der Waals surface area contributed by atoms with Crippen LogP contribution in [0.2, 0.25) is 0 Å². The van der Waals surface area contributed by atoms with Crippen LogP contribution in [0.15, 0.2) is 18.2 Å². The van der Waals surface area contributed by atoms with Gasteiger partial charge in [0.1, 0.15) is 17.5 Å². The lowest BCUT2D eigenvalue weighted by Gasteiger charge is -2.42. The number of carboxylic acids is 1. The van der Waals surface area contributed by atoms with E-state index in [0.717, 1.165) is 0 Å². The maximum absolute atomic E-state index is 14.9. The number of anilines is 2. The number of carbonyl (C=O) groups is 4. The first-order valence-corrected chi connectivity index (χ1v) is 11.2. The van der Waals surface area contributed by atoms with Gasteiger partial charge in [-0.1, -0.05) is 0 Å². The van der Waals surface area contributed by atoms with Crippen molar-refractivity contribution in [2.75, 3.05) is 23.3 Å². The Morgan fingerprint density at radius 1 is 1.26 bits per heavy atom. The van der Waals surface area contributed by atoms with Gasteiger partial charge in [0.15, 0.2) is 0 Å². The number of piperidine rings is 2. The Morgan fingerprint density at radius 2 is 1.94 bits per heavy atom. The van der Waals surface area contributed by atoms with Gasteiger partial charge in [0.25, 0.3) is 0 Å². The Labute approximate surface area is 197 Å². The molecule has 0 saturated carbocycles. The summed E-state index contributed by atoms with van der Waals surface area (Å²) in [6.07, 6.45) is 0.195. The highest BCUT2D eigenvalue weighted by atomic mass is 19.1. The molecule has 2 fully saturated rings. The SMILES string of the molecule is CC(C)(C)OC(=O)NC1(CC(=O)O)CCN(c2ccc(NC3CCC(=O)NC3=O)cc2F)CC1. The number of hydrogen-bond acceptors (Lipinski definition) is 7. The topological polar surface area (TPSA) is 137 Å². The van der Waals surface area contributed by atoms with Crippen LogP contribution in [0.4, 0.5) is 20.6 Å². The standard InChI is InChI=1S/C23H31FN4O6/c1-22(2,3)34-21(33)27-23(13-19(30)31)8-10-28(11-9-23)17-6-4-14(12-15(17)24)25-16-5-7-18(29)26-20(16)32/h4,6,12,16,25H,5,7-11,13H2,1-3H3,(H,27,33)(H,30,31)(H,26,29,32). The molecule has 2 aliphatic rings. The van der Waals surface area contributed by atoms with Gasteiger partial charge in [-0.2, -0.15) is 0 Å². The minimum Gasteiger partial charge on any atom is -0.481 e. The average Bonchev–Trinajstić information content (AvgIpc) is 2.69. The molecule has 0 bridgehead atoms. The number of imide groups is 1. The van der Waals surface area contributed by atoms with Gasteiger partial charge in [-0.3, -0.25) is 19.7 Å². The predicted octanol–water partition coefficient (Wildman–Crippen LogP) is 2.38. The summed E-state index contributed by atoms with van der Waals surface area (Å²) in [7, 11) is 0. The summed E-state index contributed by atoms with van der Waals surface area (Å²) in [5, 5.41) is 17.3. The summed E-state index contributed by atoms with van der Waals surface area (Å²) in [6.45, 7) is 5.83. The normalized spacial score (nSPS) is 20.4. The van der Waals surface area contributed by atoms with Gasteiger partial charge >= 0.3 is 12.1 Å². The second kappa shape index (κ2) is 9.86. The first-order chi connectivity index (χ1) is 15.9. The van der Waals surface area contributed by atoms with Crippen molar-refractivity contribution in [2.45, 2.75) is 70.1 Å². The molecule has 2 heterocycles. The lowest BCUT2D eigenvalue weighted by molar-refractivity contribution is -0.139. The molecule has 1 aromatic carbocycles. The van der Waals surface area contributed by atoms with Crippen LogP contribution < -0.4 is 20.9 Å². The summed E-state index contributed by atoms with van der Waals surface area (Å²) in [4.78, 5) is 48.8. The van der Waals surface area contributed by atoms with Crippen LogP contribution in [0, 0.1) is 5.82 Å². The molecule has 2 aliphatic heterocycles. The second-order valence-electron chi connectivity index (χ2n) is 9.78. The molecule has 10 nitrogen and oxygen atoms in total. The molecule has 0 aliphatic carbocycles. The number of nitrogens with zero attached hydrogens (tertiary/aromatic N) is 1. The Morgan fingerprint density at radius 3 is 2.50 bits per heavy atom. The molecule has 11 heteroatoms. The third-order valence-corrected chi connectivity index (χ3v) is 5.84. The number of carbonyl (C=O) groups excluding carboxylic acids is 3. The third-order valence-electron chi connectivity index (χ3n) is 5.84. The minimum absolute atomic E-state index is 0.215. The largest absolute Gasteiger partial charge is 0.481 e. The van der Waals surface area contributed by atoms with E-state index in [1.807, 2.05) is 0 Å². The van der Waals surface area contributed by atoms with Crippen LogP contribution >= 0.6 is 0 Å². The van der Waals surface area contributed by atoms with Crippen molar-refractivity contribution in [1.82, 2.24) is 10.6 Å². The van der Waals surface area contributed by atoms with Crippen LogP contribution in [-0.4, -0.2) is 59.3 Å². The summed E-state index contributed by atoms with van der Waals surface area (Å²) < 4.78 is 20.2. The quantitative estimate of drug-likeness (QED) is 0.458. The molecule has 0 aromatic heterocycles. The van der Waals surface area contributed by atoms with E-state index in [9.17, 15) is 28.7 Å². The Balaban J connectivity index is 1.65. The zero-order valence-electron chi connectivity index (χ0n) is 19.6. The van der Waals surface area contributed by atoms with Crippen molar-refractivity contribution >= 4 is 35.3 Å². The summed E-state index contributed by atoms with van der Waals surface area (Å²) in [5.74, 6) is -2.30. The molecule has 0 spiro atoms. The van der Waals surface area contributed by atoms with E-state index >= 15 is 0 Å². The Hall–Kier alpha value is -3.37. The molecule has 3 amide bonds. The van der Waals surface area contributed by atoms with Gasteiger partial charge in [0.2, 0.25) is 11.8 Å². The van der Waals surface area contributed by atoms with Gasteiger partial charge in [-0.05, 0) is 58.2 Å². The highest BCUT2D eigenvalue weighted by molar-refractivity contribution is 6.01. The lowest BCUT2D eigenvalue weighted by atomic mass is 9.84. The van der Waals surface area contributed by atoms with Crippen LogP contribution in [0.5, 0.6) is 0 Å². The Bertz CT molecular complexity index is 969. The lowest BCUT2D eigenvalue weighted by Crippen LogP contribution is -2.57. The van der Waals surface area contributed by atoms with E-state index in [1.54, 1.807) is 37.8 Å². The molecule has 4 N–H and O–H groups in total. The molecule has 1 aromatic rings. The van der Waals surface area contributed by atoms with Gasteiger partial charge in [0, 0.05) is 25.2 Å². The highest BCUT2D eigenvalue weighted by Crippen LogP contribution is 2.32. The highest BCUT2D eigenvalue weighted by Gasteiger charge is 2.39. The van der Waals surface area contributed by atoms with Gasteiger partial charge < -0.3 is 25.4 Å².